The summed E-state index contributed by atoms with van der Waals surface area (Å²) in [5, 5.41) is 2.72. The molecule has 0 aromatic heterocycles. The van der Waals surface area contributed by atoms with Gasteiger partial charge < -0.3 is 15.0 Å². The molecular formula is C19H21FN2O3. The van der Waals surface area contributed by atoms with Crippen molar-refractivity contribution < 1.29 is 18.7 Å². The number of terminal acetylenes is 1. The summed E-state index contributed by atoms with van der Waals surface area (Å²) in [7, 11) is 0. The van der Waals surface area contributed by atoms with Crippen LogP contribution in [0.1, 0.15) is 25.7 Å². The molecule has 132 valence electrons. The fraction of sp³-hybridized carbons (Fsp3) is 0.474. The Morgan fingerprint density at radius 1 is 1.32 bits per heavy atom. The molecule has 0 bridgehead atoms. The minimum Gasteiger partial charge on any atom is -0.479 e. The standard InChI is InChI=1S/C19H21FN2O3/c1-2-10-25-17-8-7-15(20)11-16(17)21-18(23)14-4-3-9-22(12-14)19(24)13-5-6-13/h1,7-8,11,13-14H,3-6,9-10,12H2,(H,21,23). The van der Waals surface area contributed by atoms with Crippen LogP contribution in [-0.4, -0.2) is 36.4 Å². The Kier molecular flexibility index (Phi) is 5.22. The fourth-order valence-electron chi connectivity index (χ4n) is 3.06. The molecule has 1 atom stereocenters. The van der Waals surface area contributed by atoms with Gasteiger partial charge in [0.15, 0.2) is 0 Å². The van der Waals surface area contributed by atoms with Gasteiger partial charge in [-0.2, -0.15) is 0 Å². The molecule has 1 aromatic carbocycles. The predicted octanol–water partition coefficient (Wildman–Crippen LogP) is 2.42. The van der Waals surface area contributed by atoms with E-state index in [1.54, 1.807) is 4.90 Å². The lowest BCUT2D eigenvalue weighted by Gasteiger charge is -2.32. The summed E-state index contributed by atoms with van der Waals surface area (Å²) in [6, 6.07) is 3.89. The van der Waals surface area contributed by atoms with Crippen molar-refractivity contribution in [3.05, 3.63) is 24.0 Å². The van der Waals surface area contributed by atoms with Crippen molar-refractivity contribution in [1.29, 1.82) is 0 Å². The van der Waals surface area contributed by atoms with Gasteiger partial charge in [0.05, 0.1) is 11.6 Å². The van der Waals surface area contributed by atoms with E-state index in [0.29, 0.717) is 25.3 Å². The number of ether oxygens (including phenoxy) is 1. The maximum Gasteiger partial charge on any atom is 0.229 e. The molecule has 6 heteroatoms. The van der Waals surface area contributed by atoms with Gasteiger partial charge in [0.25, 0.3) is 0 Å². The molecule has 1 aliphatic heterocycles. The lowest BCUT2D eigenvalue weighted by molar-refractivity contribution is -0.135. The third-order valence-corrected chi connectivity index (χ3v) is 4.54. The summed E-state index contributed by atoms with van der Waals surface area (Å²) in [4.78, 5) is 26.6. The quantitative estimate of drug-likeness (QED) is 0.835. The summed E-state index contributed by atoms with van der Waals surface area (Å²) in [5.41, 5.74) is 0.255. The molecule has 0 radical (unpaired) electrons. The van der Waals surface area contributed by atoms with E-state index in [1.807, 2.05) is 0 Å². The van der Waals surface area contributed by atoms with Gasteiger partial charge in [-0.15, -0.1) is 6.42 Å². The van der Waals surface area contributed by atoms with Gasteiger partial charge >= 0.3 is 0 Å². The van der Waals surface area contributed by atoms with Crippen molar-refractivity contribution in [2.24, 2.45) is 11.8 Å². The maximum atomic E-state index is 13.5. The third-order valence-electron chi connectivity index (χ3n) is 4.54. The van der Waals surface area contributed by atoms with Crippen LogP contribution in [0.4, 0.5) is 10.1 Å². The van der Waals surface area contributed by atoms with Gasteiger partial charge in [0, 0.05) is 25.1 Å². The average Bonchev–Trinajstić information content (AvgIpc) is 3.45. The van der Waals surface area contributed by atoms with Crippen molar-refractivity contribution in [2.75, 3.05) is 25.0 Å². The molecule has 2 amide bonds. The zero-order valence-electron chi connectivity index (χ0n) is 14.0. The second-order valence-electron chi connectivity index (χ2n) is 6.52. The molecule has 25 heavy (non-hydrogen) atoms. The Balaban J connectivity index is 1.66. The number of hydrogen-bond acceptors (Lipinski definition) is 3. The molecule has 5 nitrogen and oxygen atoms in total. The van der Waals surface area contributed by atoms with Crippen molar-refractivity contribution in [3.8, 4) is 18.1 Å². The zero-order chi connectivity index (χ0) is 17.8. The number of piperidine rings is 1. The maximum absolute atomic E-state index is 13.5. The first kappa shape index (κ1) is 17.3. The number of carbonyl (C=O) groups is 2. The van der Waals surface area contributed by atoms with Crippen LogP contribution in [0.25, 0.3) is 0 Å². The first-order chi connectivity index (χ1) is 12.1. The van der Waals surface area contributed by atoms with E-state index in [0.717, 1.165) is 19.3 Å². The monoisotopic (exact) mass is 344 g/mol. The molecule has 1 saturated carbocycles. The summed E-state index contributed by atoms with van der Waals surface area (Å²) >= 11 is 0. The second kappa shape index (κ2) is 7.56. The number of rotatable bonds is 5. The van der Waals surface area contributed by atoms with Crippen LogP contribution in [0.5, 0.6) is 5.75 Å². The minimum absolute atomic E-state index is 0.0294. The summed E-state index contributed by atoms with van der Waals surface area (Å²) in [6.45, 7) is 1.15. The first-order valence-corrected chi connectivity index (χ1v) is 8.54. The van der Waals surface area contributed by atoms with E-state index in [2.05, 4.69) is 11.2 Å². The number of likely N-dealkylation sites (tertiary alicyclic amines) is 1. The van der Waals surface area contributed by atoms with Crippen LogP contribution in [0.15, 0.2) is 18.2 Å². The van der Waals surface area contributed by atoms with Crippen LogP contribution < -0.4 is 10.1 Å². The van der Waals surface area contributed by atoms with Gasteiger partial charge in [0.1, 0.15) is 18.2 Å². The summed E-state index contributed by atoms with van der Waals surface area (Å²) in [5.74, 6) is 1.95. The Hall–Kier alpha value is -2.55. The fourth-order valence-corrected chi connectivity index (χ4v) is 3.06. The van der Waals surface area contributed by atoms with E-state index in [-0.39, 0.29) is 35.9 Å². The molecule has 1 saturated heterocycles. The number of amides is 2. The van der Waals surface area contributed by atoms with Crippen LogP contribution >= 0.6 is 0 Å². The van der Waals surface area contributed by atoms with Gasteiger partial charge in [-0.3, -0.25) is 9.59 Å². The number of nitrogens with one attached hydrogen (secondary N) is 1. The second-order valence-corrected chi connectivity index (χ2v) is 6.52. The van der Waals surface area contributed by atoms with E-state index in [4.69, 9.17) is 11.2 Å². The van der Waals surface area contributed by atoms with Crippen LogP contribution in [-0.2, 0) is 9.59 Å². The number of hydrogen-bond donors (Lipinski definition) is 1. The minimum atomic E-state index is -0.475. The summed E-state index contributed by atoms with van der Waals surface area (Å²) < 4.78 is 18.9. The topological polar surface area (TPSA) is 58.6 Å². The highest BCUT2D eigenvalue weighted by Crippen LogP contribution is 2.33. The van der Waals surface area contributed by atoms with E-state index in [1.165, 1.54) is 18.2 Å². The van der Waals surface area contributed by atoms with E-state index in [9.17, 15) is 14.0 Å². The predicted molar refractivity (Wildman–Crippen MR) is 91.4 cm³/mol. The third kappa shape index (κ3) is 4.30. The van der Waals surface area contributed by atoms with Crippen LogP contribution in [0.3, 0.4) is 0 Å². The number of anilines is 1. The van der Waals surface area contributed by atoms with E-state index >= 15 is 0 Å². The number of halogens is 1. The Morgan fingerprint density at radius 3 is 2.84 bits per heavy atom. The number of carbonyl (C=O) groups excluding carboxylic acids is 2. The van der Waals surface area contributed by atoms with Gasteiger partial charge in [-0.1, -0.05) is 5.92 Å². The highest BCUT2D eigenvalue weighted by atomic mass is 19.1. The molecule has 2 fully saturated rings. The molecule has 1 aliphatic carbocycles. The highest BCUT2D eigenvalue weighted by Gasteiger charge is 2.36. The van der Waals surface area contributed by atoms with Crippen LogP contribution in [0, 0.1) is 30.0 Å². The van der Waals surface area contributed by atoms with Crippen LogP contribution in [0.2, 0.25) is 0 Å². The van der Waals surface area contributed by atoms with Crippen molar-refractivity contribution in [3.63, 3.8) is 0 Å². The number of benzene rings is 1. The molecule has 2 aliphatic rings. The lowest BCUT2D eigenvalue weighted by Crippen LogP contribution is -2.44. The van der Waals surface area contributed by atoms with E-state index < -0.39 is 5.82 Å². The van der Waals surface area contributed by atoms with Gasteiger partial charge in [0.2, 0.25) is 11.8 Å². The van der Waals surface area contributed by atoms with Crippen molar-refractivity contribution in [2.45, 2.75) is 25.7 Å². The molecule has 1 unspecified atom stereocenters. The lowest BCUT2D eigenvalue weighted by atomic mass is 9.96. The average molecular weight is 344 g/mol. The SMILES string of the molecule is C#CCOc1ccc(F)cc1NC(=O)C1CCCN(C(=O)C2CC2)C1. The number of nitrogens with zero attached hydrogens (tertiary/aromatic N) is 1. The Bertz CT molecular complexity index is 709. The summed E-state index contributed by atoms with van der Waals surface area (Å²) in [6.07, 6.45) is 8.57. The van der Waals surface area contributed by atoms with Gasteiger partial charge in [-0.25, -0.2) is 4.39 Å². The molecule has 1 N–H and O–H groups in total. The van der Waals surface area contributed by atoms with Crippen molar-refractivity contribution >= 4 is 17.5 Å². The normalized spacial score (nSPS) is 19.8. The zero-order valence-corrected chi connectivity index (χ0v) is 14.0. The molecular weight excluding hydrogens is 323 g/mol. The largest absolute Gasteiger partial charge is 0.479 e. The Labute approximate surface area is 146 Å². The Morgan fingerprint density at radius 2 is 2.12 bits per heavy atom. The molecule has 1 heterocycles. The first-order valence-electron chi connectivity index (χ1n) is 8.54. The smallest absolute Gasteiger partial charge is 0.229 e. The molecule has 3 rings (SSSR count). The highest BCUT2D eigenvalue weighted by molar-refractivity contribution is 5.94. The molecule has 0 spiro atoms. The van der Waals surface area contributed by atoms with Crippen molar-refractivity contribution in [1.82, 2.24) is 4.90 Å². The van der Waals surface area contributed by atoms with Gasteiger partial charge in [-0.05, 0) is 37.8 Å². The molecule has 1 aromatic rings.